The molecule has 0 aliphatic carbocycles. The van der Waals surface area contributed by atoms with Gasteiger partial charge in [-0.15, -0.1) is 0 Å². The molecule has 4 aromatic carbocycles. The molecule has 1 unspecified atom stereocenters. The molecule has 3 N–H and O–H groups in total. The first kappa shape index (κ1) is 29.3. The van der Waals surface area contributed by atoms with Crippen molar-refractivity contribution in [2.45, 2.75) is 37.1 Å². The van der Waals surface area contributed by atoms with E-state index in [9.17, 15) is 23.1 Å². The van der Waals surface area contributed by atoms with Crippen LogP contribution in [0.25, 0.3) is 11.1 Å². The summed E-state index contributed by atoms with van der Waals surface area (Å²) in [6, 6.07) is 27.7. The van der Waals surface area contributed by atoms with E-state index >= 15 is 0 Å². The summed E-state index contributed by atoms with van der Waals surface area (Å²) in [5.74, 6) is -1.67. The highest BCUT2D eigenvalue weighted by atomic mass is 127. The molecule has 40 heavy (non-hydrogen) atoms. The first-order valence-electron chi connectivity index (χ1n) is 12.8. The molecule has 4 aromatic rings. The zero-order valence-electron chi connectivity index (χ0n) is 21.8. The highest BCUT2D eigenvalue weighted by Gasteiger charge is 2.23. The van der Waals surface area contributed by atoms with Crippen LogP contribution in [0.1, 0.15) is 47.3 Å². The van der Waals surface area contributed by atoms with E-state index in [0.717, 1.165) is 33.1 Å². The number of carboxylic acid groups (broad SMARTS) is 1. The number of nitrogens with one attached hydrogen (secondary N) is 2. The molecule has 0 heterocycles. The summed E-state index contributed by atoms with van der Waals surface area (Å²) in [6.45, 7) is 2.05. The monoisotopic (exact) mass is 668 g/mol. The van der Waals surface area contributed by atoms with Crippen molar-refractivity contribution in [3.8, 4) is 11.1 Å². The lowest BCUT2D eigenvalue weighted by Crippen LogP contribution is -2.31. The Kier molecular flexibility index (Phi) is 9.59. The van der Waals surface area contributed by atoms with Gasteiger partial charge in [0.25, 0.3) is 15.9 Å². The smallest absolute Gasteiger partial charge is 0.305 e. The Hall–Kier alpha value is -3.70. The Bertz CT molecular complexity index is 1590. The third-order valence-electron chi connectivity index (χ3n) is 6.35. The molecule has 0 aliphatic rings. The van der Waals surface area contributed by atoms with Crippen molar-refractivity contribution in [3.05, 3.63) is 117 Å². The fourth-order valence-electron chi connectivity index (χ4n) is 4.32. The molecule has 0 fully saturated rings. The van der Waals surface area contributed by atoms with E-state index in [1.807, 2.05) is 65.1 Å². The maximum atomic E-state index is 13.5. The normalized spacial score (nSPS) is 11.9. The number of aryl methyl sites for hydroxylation is 1. The number of sulfonamides is 1. The summed E-state index contributed by atoms with van der Waals surface area (Å²) in [4.78, 5) is 25.2. The van der Waals surface area contributed by atoms with Crippen molar-refractivity contribution in [2.75, 3.05) is 4.72 Å². The van der Waals surface area contributed by atoms with E-state index in [1.54, 1.807) is 48.5 Å². The van der Waals surface area contributed by atoms with Crippen LogP contribution in [0.2, 0.25) is 0 Å². The second kappa shape index (κ2) is 13.1. The molecule has 0 saturated carbocycles. The summed E-state index contributed by atoms with van der Waals surface area (Å²) in [6.07, 6.45) is 1.46. The van der Waals surface area contributed by atoms with E-state index in [4.69, 9.17) is 0 Å². The number of rotatable bonds is 11. The number of halogens is 1. The van der Waals surface area contributed by atoms with Crippen LogP contribution in [0.3, 0.4) is 0 Å². The van der Waals surface area contributed by atoms with Gasteiger partial charge in [0.05, 0.1) is 28.6 Å². The van der Waals surface area contributed by atoms with Gasteiger partial charge in [0.1, 0.15) is 0 Å². The Morgan fingerprint density at radius 2 is 1.52 bits per heavy atom. The third-order valence-corrected chi connectivity index (χ3v) is 8.40. The van der Waals surface area contributed by atoms with Crippen molar-refractivity contribution < 1.29 is 23.1 Å². The maximum absolute atomic E-state index is 13.5. The number of amides is 1. The molecule has 7 nitrogen and oxygen atoms in total. The lowest BCUT2D eigenvalue weighted by atomic mass is 9.98. The van der Waals surface area contributed by atoms with Crippen LogP contribution in [0.4, 0.5) is 5.69 Å². The molecule has 0 aromatic heterocycles. The van der Waals surface area contributed by atoms with E-state index in [-0.39, 0.29) is 22.6 Å². The molecule has 0 bridgehead atoms. The minimum atomic E-state index is -3.97. The minimum absolute atomic E-state index is 0.0829. The molecule has 4 rings (SSSR count). The van der Waals surface area contributed by atoms with Gasteiger partial charge in [0, 0.05) is 3.57 Å². The van der Waals surface area contributed by atoms with Crippen molar-refractivity contribution in [2.24, 2.45) is 0 Å². The average molecular weight is 669 g/mol. The van der Waals surface area contributed by atoms with Crippen LogP contribution < -0.4 is 10.0 Å². The van der Waals surface area contributed by atoms with Gasteiger partial charge in [-0.1, -0.05) is 80.1 Å². The van der Waals surface area contributed by atoms with E-state index in [2.05, 4.69) is 17.0 Å². The topological polar surface area (TPSA) is 113 Å². The molecule has 0 spiro atoms. The van der Waals surface area contributed by atoms with Gasteiger partial charge in [-0.25, -0.2) is 8.42 Å². The first-order valence-corrected chi connectivity index (χ1v) is 15.3. The standard InChI is InChI=1S/C31H29IN2O5S/c1-2-6-21-9-16-26(17-10-21)40(38,39)34-28-18-15-25(32)19-27(28)31(37)33-29(20-30(35)36)24-13-11-23(12-14-24)22-7-4-3-5-8-22/h3-5,7-19,29,34H,2,6,20H2,1H3,(H,33,37)(H,35,36). The molecule has 0 radical (unpaired) electrons. The van der Waals surface area contributed by atoms with Crippen LogP contribution in [0.5, 0.6) is 0 Å². The van der Waals surface area contributed by atoms with Crippen molar-refractivity contribution in [1.29, 1.82) is 0 Å². The van der Waals surface area contributed by atoms with Crippen molar-refractivity contribution >= 4 is 50.2 Å². The van der Waals surface area contributed by atoms with Gasteiger partial charge < -0.3 is 10.4 Å². The van der Waals surface area contributed by atoms with Gasteiger partial charge in [-0.2, -0.15) is 0 Å². The number of aliphatic carboxylic acids is 1. The largest absolute Gasteiger partial charge is 0.481 e. The Balaban J connectivity index is 1.59. The number of carbonyl (C=O) groups excluding carboxylic acids is 1. The molecular weight excluding hydrogens is 639 g/mol. The Morgan fingerprint density at radius 3 is 2.15 bits per heavy atom. The summed E-state index contributed by atoms with van der Waals surface area (Å²) in [5.41, 5.74) is 3.83. The first-order chi connectivity index (χ1) is 19.2. The summed E-state index contributed by atoms with van der Waals surface area (Å²) in [7, 11) is -3.97. The van der Waals surface area contributed by atoms with Gasteiger partial charge >= 0.3 is 5.97 Å². The van der Waals surface area contributed by atoms with E-state index < -0.39 is 27.9 Å². The third kappa shape index (κ3) is 7.48. The van der Waals surface area contributed by atoms with E-state index in [0.29, 0.717) is 5.56 Å². The number of hydrogen-bond donors (Lipinski definition) is 3. The molecule has 1 amide bonds. The lowest BCUT2D eigenvalue weighted by Gasteiger charge is -2.20. The van der Waals surface area contributed by atoms with Crippen LogP contribution in [-0.4, -0.2) is 25.4 Å². The number of hydrogen-bond acceptors (Lipinski definition) is 4. The fraction of sp³-hybridized carbons (Fsp3) is 0.161. The Labute approximate surface area is 247 Å². The van der Waals surface area contributed by atoms with Crippen molar-refractivity contribution in [1.82, 2.24) is 5.32 Å². The van der Waals surface area contributed by atoms with Crippen LogP contribution >= 0.6 is 22.6 Å². The second-order valence-corrected chi connectivity index (χ2v) is 12.2. The van der Waals surface area contributed by atoms with Gasteiger partial charge in [0.2, 0.25) is 0 Å². The number of carbonyl (C=O) groups is 2. The molecule has 9 heteroatoms. The molecule has 0 saturated heterocycles. The molecule has 0 aliphatic heterocycles. The van der Waals surface area contributed by atoms with Crippen LogP contribution in [-0.2, 0) is 21.2 Å². The van der Waals surface area contributed by atoms with Crippen LogP contribution in [0, 0.1) is 3.57 Å². The number of benzene rings is 4. The van der Waals surface area contributed by atoms with Crippen LogP contribution in [0.15, 0.2) is 102 Å². The predicted octanol–water partition coefficient (Wildman–Crippen LogP) is 6.66. The zero-order chi connectivity index (χ0) is 28.7. The zero-order valence-corrected chi connectivity index (χ0v) is 24.8. The average Bonchev–Trinajstić information content (AvgIpc) is 2.94. The fourth-order valence-corrected chi connectivity index (χ4v) is 5.89. The lowest BCUT2D eigenvalue weighted by molar-refractivity contribution is -0.137. The van der Waals surface area contributed by atoms with E-state index in [1.165, 1.54) is 6.07 Å². The van der Waals surface area contributed by atoms with Crippen molar-refractivity contribution in [3.63, 3.8) is 0 Å². The molecule has 1 atom stereocenters. The predicted molar refractivity (Wildman–Crippen MR) is 165 cm³/mol. The molecule has 206 valence electrons. The number of carboxylic acids is 1. The second-order valence-electron chi connectivity index (χ2n) is 9.30. The summed E-state index contributed by atoms with van der Waals surface area (Å²) >= 11 is 2.04. The molecular formula is C31H29IN2O5S. The highest BCUT2D eigenvalue weighted by Crippen LogP contribution is 2.27. The summed E-state index contributed by atoms with van der Waals surface area (Å²) in [5, 5.41) is 12.3. The SMILES string of the molecule is CCCc1ccc(S(=O)(=O)Nc2ccc(I)cc2C(=O)NC(CC(=O)O)c2ccc(-c3ccccc3)cc2)cc1. The quantitative estimate of drug-likeness (QED) is 0.155. The highest BCUT2D eigenvalue weighted by molar-refractivity contribution is 14.1. The van der Waals surface area contributed by atoms with Gasteiger partial charge in [0.15, 0.2) is 0 Å². The Morgan fingerprint density at radius 1 is 0.875 bits per heavy atom. The van der Waals surface area contributed by atoms with Gasteiger partial charge in [-0.05, 0) is 81.6 Å². The van der Waals surface area contributed by atoms with Gasteiger partial charge in [-0.3, -0.25) is 14.3 Å². The summed E-state index contributed by atoms with van der Waals surface area (Å²) < 4.78 is 29.5. The maximum Gasteiger partial charge on any atom is 0.305 e. The number of anilines is 1. The minimum Gasteiger partial charge on any atom is -0.481 e.